The molecule has 0 atom stereocenters. The average molecular weight is 252 g/mol. The molecule has 1 saturated heterocycles. The van der Waals surface area contributed by atoms with Gasteiger partial charge in [-0.05, 0) is 5.41 Å². The van der Waals surface area contributed by atoms with Crippen molar-refractivity contribution < 1.29 is 18.0 Å². The highest BCUT2D eigenvalue weighted by atomic mass is 19.4. The minimum Gasteiger partial charge on any atom is -0.340 e. The largest absolute Gasteiger partial charge is 0.401 e. The fraction of sp³-hybridized carbons (Fsp3) is 0.909. The van der Waals surface area contributed by atoms with Gasteiger partial charge in [0.2, 0.25) is 5.91 Å². The Kier molecular flexibility index (Phi) is 4.06. The maximum Gasteiger partial charge on any atom is 0.401 e. The van der Waals surface area contributed by atoms with Gasteiger partial charge in [-0.2, -0.15) is 13.2 Å². The fourth-order valence-electron chi connectivity index (χ4n) is 1.89. The smallest absolute Gasteiger partial charge is 0.340 e. The molecule has 0 bridgehead atoms. The quantitative estimate of drug-likeness (QED) is 0.747. The molecule has 0 aromatic heterocycles. The van der Waals surface area contributed by atoms with E-state index < -0.39 is 12.7 Å². The second kappa shape index (κ2) is 4.84. The molecule has 17 heavy (non-hydrogen) atoms. The van der Waals surface area contributed by atoms with E-state index in [-0.39, 0.29) is 17.9 Å². The maximum atomic E-state index is 12.2. The van der Waals surface area contributed by atoms with Crippen molar-refractivity contribution in [2.75, 3.05) is 32.7 Å². The molecule has 1 fully saturated rings. The van der Waals surface area contributed by atoms with Crippen molar-refractivity contribution in [2.24, 2.45) is 5.41 Å². The van der Waals surface area contributed by atoms with Gasteiger partial charge < -0.3 is 4.90 Å². The van der Waals surface area contributed by atoms with Gasteiger partial charge in [0, 0.05) is 19.6 Å². The highest BCUT2D eigenvalue weighted by Gasteiger charge is 2.35. The van der Waals surface area contributed by atoms with Gasteiger partial charge in [0.1, 0.15) is 0 Å². The van der Waals surface area contributed by atoms with E-state index in [2.05, 4.69) is 0 Å². The Morgan fingerprint density at radius 3 is 2.12 bits per heavy atom. The molecule has 1 aliphatic rings. The van der Waals surface area contributed by atoms with Crippen LogP contribution >= 0.6 is 0 Å². The number of hydrogen-bond donors (Lipinski definition) is 0. The Morgan fingerprint density at radius 1 is 1.12 bits per heavy atom. The minimum absolute atomic E-state index is 0.0259. The van der Waals surface area contributed by atoms with Gasteiger partial charge in [0.25, 0.3) is 0 Å². The predicted molar refractivity (Wildman–Crippen MR) is 58.5 cm³/mol. The first-order valence-corrected chi connectivity index (χ1v) is 5.64. The van der Waals surface area contributed by atoms with Gasteiger partial charge in [-0.3, -0.25) is 9.69 Å². The third kappa shape index (κ3) is 5.39. The summed E-state index contributed by atoms with van der Waals surface area (Å²) in [5.74, 6) is -0.213. The first-order chi connectivity index (χ1) is 7.57. The summed E-state index contributed by atoms with van der Waals surface area (Å²) < 4.78 is 36.5. The van der Waals surface area contributed by atoms with E-state index in [1.54, 1.807) is 4.90 Å². The Bertz CT molecular complexity index is 283. The van der Waals surface area contributed by atoms with E-state index in [0.717, 1.165) is 4.90 Å². The molecule has 0 aliphatic carbocycles. The van der Waals surface area contributed by atoms with Crippen LogP contribution in [-0.2, 0) is 4.79 Å². The summed E-state index contributed by atoms with van der Waals surface area (Å²) in [6.07, 6.45) is -4.23. The van der Waals surface area contributed by atoms with Gasteiger partial charge in [-0.25, -0.2) is 0 Å². The standard InChI is InChI=1S/C11H19F3N2O/c1-10(2,3)7-16-5-4-15(6-9(16)17)8-11(12,13)14/h4-8H2,1-3H3. The van der Waals surface area contributed by atoms with Crippen LogP contribution < -0.4 is 0 Å². The van der Waals surface area contributed by atoms with Crippen LogP contribution in [0.1, 0.15) is 20.8 Å². The summed E-state index contributed by atoms with van der Waals surface area (Å²) in [6.45, 7) is 6.14. The lowest BCUT2D eigenvalue weighted by Gasteiger charge is -2.37. The number of alkyl halides is 3. The fourth-order valence-corrected chi connectivity index (χ4v) is 1.89. The van der Waals surface area contributed by atoms with Crippen LogP contribution in [0.25, 0.3) is 0 Å². The van der Waals surface area contributed by atoms with E-state index in [4.69, 9.17) is 0 Å². The Labute approximate surface area is 99.6 Å². The normalized spacial score (nSPS) is 19.9. The lowest BCUT2D eigenvalue weighted by Crippen LogP contribution is -2.54. The van der Waals surface area contributed by atoms with Crippen molar-refractivity contribution in [2.45, 2.75) is 26.9 Å². The molecule has 6 heteroatoms. The van der Waals surface area contributed by atoms with Crippen LogP contribution in [0.4, 0.5) is 13.2 Å². The van der Waals surface area contributed by atoms with Crippen LogP contribution in [0.5, 0.6) is 0 Å². The van der Waals surface area contributed by atoms with Gasteiger partial charge in [0.15, 0.2) is 0 Å². The third-order valence-electron chi connectivity index (χ3n) is 2.47. The topological polar surface area (TPSA) is 23.6 Å². The van der Waals surface area contributed by atoms with Gasteiger partial charge in [-0.1, -0.05) is 20.8 Å². The maximum absolute atomic E-state index is 12.2. The van der Waals surface area contributed by atoms with Crippen LogP contribution in [-0.4, -0.2) is 54.6 Å². The Morgan fingerprint density at radius 2 is 1.71 bits per heavy atom. The second-order valence-electron chi connectivity index (χ2n) is 5.70. The van der Waals surface area contributed by atoms with Crippen molar-refractivity contribution >= 4 is 5.91 Å². The second-order valence-corrected chi connectivity index (χ2v) is 5.70. The Balaban J connectivity index is 2.48. The summed E-state index contributed by atoms with van der Waals surface area (Å²) in [5, 5.41) is 0. The van der Waals surface area contributed by atoms with Crippen LogP contribution in [0.3, 0.4) is 0 Å². The SMILES string of the molecule is CC(C)(C)CN1CCN(CC(F)(F)F)CC1=O. The molecule has 1 heterocycles. The zero-order valence-corrected chi connectivity index (χ0v) is 10.5. The van der Waals surface area contributed by atoms with Crippen LogP contribution in [0.15, 0.2) is 0 Å². The number of piperazine rings is 1. The van der Waals surface area contributed by atoms with Crippen LogP contribution in [0.2, 0.25) is 0 Å². The summed E-state index contributed by atoms with van der Waals surface area (Å²) in [6, 6.07) is 0. The van der Waals surface area contributed by atoms with E-state index in [1.807, 2.05) is 20.8 Å². The van der Waals surface area contributed by atoms with Gasteiger partial charge >= 0.3 is 6.18 Å². The number of amides is 1. The van der Waals surface area contributed by atoms with Crippen LogP contribution in [0, 0.1) is 5.41 Å². The molecular weight excluding hydrogens is 233 g/mol. The lowest BCUT2D eigenvalue weighted by atomic mass is 9.95. The van der Waals surface area contributed by atoms with Crippen molar-refractivity contribution in [3.63, 3.8) is 0 Å². The van der Waals surface area contributed by atoms with Crippen molar-refractivity contribution in [1.82, 2.24) is 9.80 Å². The molecule has 3 nitrogen and oxygen atoms in total. The van der Waals surface area contributed by atoms with E-state index in [1.165, 1.54) is 0 Å². The van der Waals surface area contributed by atoms with Crippen molar-refractivity contribution in [3.8, 4) is 0 Å². The molecular formula is C11H19F3N2O. The highest BCUT2D eigenvalue weighted by molar-refractivity contribution is 5.79. The summed E-state index contributed by atoms with van der Waals surface area (Å²) in [7, 11) is 0. The van der Waals surface area contributed by atoms with Gasteiger partial charge in [-0.15, -0.1) is 0 Å². The number of carbonyl (C=O) groups is 1. The molecule has 1 aliphatic heterocycles. The molecule has 0 aromatic carbocycles. The first kappa shape index (κ1) is 14.3. The van der Waals surface area contributed by atoms with Crippen molar-refractivity contribution in [3.05, 3.63) is 0 Å². The van der Waals surface area contributed by atoms with Gasteiger partial charge in [0.05, 0.1) is 13.1 Å². The molecule has 0 N–H and O–H groups in total. The van der Waals surface area contributed by atoms with Crippen molar-refractivity contribution in [1.29, 1.82) is 0 Å². The lowest BCUT2D eigenvalue weighted by molar-refractivity contribution is -0.158. The minimum atomic E-state index is -4.23. The summed E-state index contributed by atoms with van der Waals surface area (Å²) >= 11 is 0. The molecule has 0 radical (unpaired) electrons. The number of nitrogens with zero attached hydrogens (tertiary/aromatic N) is 2. The highest BCUT2D eigenvalue weighted by Crippen LogP contribution is 2.20. The molecule has 1 rings (SSSR count). The summed E-state index contributed by atoms with van der Waals surface area (Å²) in [4.78, 5) is 14.5. The first-order valence-electron chi connectivity index (χ1n) is 5.64. The zero-order valence-electron chi connectivity index (χ0n) is 10.5. The molecule has 100 valence electrons. The average Bonchev–Trinajstić information content (AvgIpc) is 2.05. The molecule has 0 spiro atoms. The number of hydrogen-bond acceptors (Lipinski definition) is 2. The van der Waals surface area contributed by atoms with E-state index in [0.29, 0.717) is 19.6 Å². The van der Waals surface area contributed by atoms with E-state index in [9.17, 15) is 18.0 Å². The monoisotopic (exact) mass is 252 g/mol. The molecule has 0 saturated carbocycles. The number of halogens is 3. The molecule has 1 amide bonds. The predicted octanol–water partition coefficient (Wildman–Crippen LogP) is 1.74. The Hall–Kier alpha value is -0.780. The number of rotatable bonds is 2. The summed E-state index contributed by atoms with van der Waals surface area (Å²) in [5.41, 5.74) is -0.0259. The van der Waals surface area contributed by atoms with E-state index >= 15 is 0 Å². The molecule has 0 aromatic rings. The number of carbonyl (C=O) groups excluding carboxylic acids is 1. The third-order valence-corrected chi connectivity index (χ3v) is 2.47. The molecule has 0 unspecified atom stereocenters. The zero-order chi connectivity index (χ0) is 13.3.